The van der Waals surface area contributed by atoms with Crippen LogP contribution in [-0.4, -0.2) is 25.1 Å². The first-order valence-electron chi connectivity index (χ1n) is 7.28. The molecular formula is C17H17ClO3S. The zero-order valence-corrected chi connectivity index (χ0v) is 13.9. The Morgan fingerprint density at radius 1 is 1.27 bits per heavy atom. The van der Waals surface area contributed by atoms with E-state index in [1.165, 1.54) is 11.3 Å². The average molecular weight is 337 g/mol. The van der Waals surface area contributed by atoms with Gasteiger partial charge in [-0.2, -0.15) is 0 Å². The first kappa shape index (κ1) is 15.5. The number of thiophene rings is 1. The zero-order valence-electron chi connectivity index (χ0n) is 12.3. The summed E-state index contributed by atoms with van der Waals surface area (Å²) >= 11 is 7.54. The maximum atomic E-state index is 11.7. The maximum Gasteiger partial charge on any atom is 0.159 e. The lowest BCUT2D eigenvalue weighted by Gasteiger charge is -2.24. The van der Waals surface area contributed by atoms with E-state index in [0.29, 0.717) is 5.56 Å². The normalized spacial score (nSPS) is 15.7. The molecule has 1 fully saturated rings. The van der Waals surface area contributed by atoms with Gasteiger partial charge in [0.25, 0.3) is 0 Å². The van der Waals surface area contributed by atoms with E-state index in [1.54, 1.807) is 6.92 Å². The molecule has 0 amide bonds. The zero-order chi connectivity index (χ0) is 15.5. The molecule has 0 saturated carbocycles. The summed E-state index contributed by atoms with van der Waals surface area (Å²) in [5.74, 6) is 0.844. The maximum absolute atomic E-state index is 11.7. The predicted octanol–water partition coefficient (Wildman–Crippen LogP) is 4.83. The van der Waals surface area contributed by atoms with Gasteiger partial charge < -0.3 is 9.47 Å². The van der Waals surface area contributed by atoms with Gasteiger partial charge in [0.15, 0.2) is 5.78 Å². The molecule has 0 atom stereocenters. The smallest absolute Gasteiger partial charge is 0.159 e. The fourth-order valence-electron chi connectivity index (χ4n) is 2.48. The Kier molecular flexibility index (Phi) is 4.81. The number of halogens is 1. The topological polar surface area (TPSA) is 35.5 Å². The van der Waals surface area contributed by atoms with Crippen molar-refractivity contribution in [1.29, 1.82) is 0 Å². The van der Waals surface area contributed by atoms with Crippen LogP contribution in [-0.2, 0) is 4.74 Å². The second kappa shape index (κ2) is 6.82. The number of Topliss-reactive ketones (excluding diaryl/α,β-unsaturated/α-hetero) is 1. The van der Waals surface area contributed by atoms with E-state index >= 15 is 0 Å². The van der Waals surface area contributed by atoms with Gasteiger partial charge in [-0.3, -0.25) is 4.79 Å². The summed E-state index contributed by atoms with van der Waals surface area (Å²) in [7, 11) is 0. The minimum atomic E-state index is 0.0431. The summed E-state index contributed by atoms with van der Waals surface area (Å²) in [6.07, 6.45) is 1.93. The van der Waals surface area contributed by atoms with E-state index < -0.39 is 0 Å². The van der Waals surface area contributed by atoms with Gasteiger partial charge in [0.1, 0.15) is 11.9 Å². The number of hydrogen-bond acceptors (Lipinski definition) is 4. The number of ketones is 1. The third kappa shape index (κ3) is 3.51. The van der Waals surface area contributed by atoms with Crippen molar-refractivity contribution in [3.05, 3.63) is 40.2 Å². The van der Waals surface area contributed by atoms with Crippen LogP contribution in [0.2, 0.25) is 4.34 Å². The Morgan fingerprint density at radius 3 is 2.68 bits per heavy atom. The van der Waals surface area contributed by atoms with Crippen LogP contribution < -0.4 is 4.74 Å². The molecule has 1 saturated heterocycles. The molecule has 2 heterocycles. The van der Waals surface area contributed by atoms with Crippen LogP contribution in [0.5, 0.6) is 5.75 Å². The van der Waals surface area contributed by atoms with Gasteiger partial charge in [-0.05, 0) is 37.3 Å². The Morgan fingerprint density at radius 2 is 2.05 bits per heavy atom. The van der Waals surface area contributed by atoms with Gasteiger partial charge in [0, 0.05) is 28.8 Å². The molecule has 1 aromatic carbocycles. The highest BCUT2D eigenvalue weighted by Crippen LogP contribution is 2.38. The molecule has 2 aromatic rings. The van der Waals surface area contributed by atoms with Gasteiger partial charge in [-0.25, -0.2) is 0 Å². The molecule has 5 heteroatoms. The summed E-state index contributed by atoms with van der Waals surface area (Å²) < 4.78 is 12.2. The van der Waals surface area contributed by atoms with Crippen molar-refractivity contribution in [2.24, 2.45) is 0 Å². The van der Waals surface area contributed by atoms with Crippen LogP contribution in [0.25, 0.3) is 10.4 Å². The van der Waals surface area contributed by atoms with Crippen molar-refractivity contribution in [1.82, 2.24) is 0 Å². The second-order valence-electron chi connectivity index (χ2n) is 5.30. The van der Waals surface area contributed by atoms with Crippen LogP contribution in [0.3, 0.4) is 0 Å². The number of rotatable bonds is 4. The van der Waals surface area contributed by atoms with Crippen molar-refractivity contribution in [2.75, 3.05) is 13.2 Å². The summed E-state index contributed by atoms with van der Waals surface area (Å²) in [5, 5.41) is 0. The number of benzene rings is 1. The highest BCUT2D eigenvalue weighted by molar-refractivity contribution is 7.19. The Hall–Kier alpha value is -1.36. The molecule has 1 aliphatic heterocycles. The molecule has 0 radical (unpaired) electrons. The van der Waals surface area contributed by atoms with Crippen LogP contribution in [0.15, 0.2) is 30.3 Å². The molecule has 3 rings (SSSR count). The van der Waals surface area contributed by atoms with E-state index in [9.17, 15) is 4.79 Å². The van der Waals surface area contributed by atoms with E-state index in [-0.39, 0.29) is 11.9 Å². The third-order valence-electron chi connectivity index (χ3n) is 3.69. The number of hydrogen-bond donors (Lipinski definition) is 0. The quantitative estimate of drug-likeness (QED) is 0.750. The van der Waals surface area contributed by atoms with E-state index in [0.717, 1.165) is 46.6 Å². The van der Waals surface area contributed by atoms with E-state index in [4.69, 9.17) is 21.1 Å². The molecule has 0 unspecified atom stereocenters. The Bertz CT molecular complexity index is 674. The van der Waals surface area contributed by atoms with Crippen molar-refractivity contribution in [3.8, 4) is 16.2 Å². The molecule has 0 aliphatic carbocycles. The van der Waals surface area contributed by atoms with Crippen LogP contribution in [0.4, 0.5) is 0 Å². The minimum Gasteiger partial charge on any atom is -0.490 e. The SMILES string of the molecule is CC(=O)c1ccc(OC2CCOCC2)c(-c2ccc(Cl)s2)c1. The summed E-state index contributed by atoms with van der Waals surface area (Å²) in [6.45, 7) is 3.03. The van der Waals surface area contributed by atoms with Crippen LogP contribution in [0.1, 0.15) is 30.1 Å². The summed E-state index contributed by atoms with van der Waals surface area (Å²) in [6, 6.07) is 9.41. The number of carbonyl (C=O) groups is 1. The number of ether oxygens (including phenoxy) is 2. The summed E-state index contributed by atoms with van der Waals surface area (Å²) in [5.41, 5.74) is 1.61. The monoisotopic (exact) mass is 336 g/mol. The van der Waals surface area contributed by atoms with Crippen molar-refractivity contribution < 1.29 is 14.3 Å². The van der Waals surface area contributed by atoms with Crippen LogP contribution in [0, 0.1) is 0 Å². The lowest BCUT2D eigenvalue weighted by molar-refractivity contribution is 0.0258. The van der Waals surface area contributed by atoms with Gasteiger partial charge in [0.2, 0.25) is 0 Å². The van der Waals surface area contributed by atoms with Gasteiger partial charge in [0.05, 0.1) is 17.6 Å². The fourth-order valence-corrected chi connectivity index (χ4v) is 3.54. The molecule has 22 heavy (non-hydrogen) atoms. The average Bonchev–Trinajstić information content (AvgIpc) is 2.95. The second-order valence-corrected chi connectivity index (χ2v) is 7.02. The molecule has 3 nitrogen and oxygen atoms in total. The lowest BCUT2D eigenvalue weighted by Crippen LogP contribution is -2.26. The number of carbonyl (C=O) groups excluding carboxylic acids is 1. The van der Waals surface area contributed by atoms with E-state index in [1.807, 2.05) is 30.3 Å². The van der Waals surface area contributed by atoms with Gasteiger partial charge in [-0.1, -0.05) is 11.6 Å². The Balaban J connectivity index is 1.95. The largest absolute Gasteiger partial charge is 0.490 e. The lowest BCUT2D eigenvalue weighted by atomic mass is 10.1. The first-order chi connectivity index (χ1) is 10.6. The van der Waals surface area contributed by atoms with Gasteiger partial charge in [-0.15, -0.1) is 11.3 Å². The molecule has 0 N–H and O–H groups in total. The summed E-state index contributed by atoms with van der Waals surface area (Å²) in [4.78, 5) is 12.7. The standard InChI is InChI=1S/C17H17ClO3S/c1-11(19)12-2-3-15(21-13-6-8-20-9-7-13)14(10-12)16-4-5-17(18)22-16/h2-5,10,13H,6-9H2,1H3. The van der Waals surface area contributed by atoms with Crippen LogP contribution >= 0.6 is 22.9 Å². The third-order valence-corrected chi connectivity index (χ3v) is 4.95. The first-order valence-corrected chi connectivity index (χ1v) is 8.48. The van der Waals surface area contributed by atoms with Gasteiger partial charge >= 0.3 is 0 Å². The molecular weight excluding hydrogens is 320 g/mol. The fraction of sp³-hybridized carbons (Fsp3) is 0.353. The highest BCUT2D eigenvalue weighted by Gasteiger charge is 2.19. The van der Waals surface area contributed by atoms with E-state index in [2.05, 4.69) is 0 Å². The molecule has 1 aliphatic rings. The molecule has 116 valence electrons. The molecule has 0 spiro atoms. The highest BCUT2D eigenvalue weighted by atomic mass is 35.5. The van der Waals surface area contributed by atoms with Crippen molar-refractivity contribution in [3.63, 3.8) is 0 Å². The molecule has 1 aromatic heterocycles. The Labute approximate surface area is 138 Å². The minimum absolute atomic E-state index is 0.0431. The van der Waals surface area contributed by atoms with Crippen molar-refractivity contribution >= 4 is 28.7 Å². The van der Waals surface area contributed by atoms with Crippen molar-refractivity contribution in [2.45, 2.75) is 25.9 Å². The molecule has 0 bridgehead atoms. The predicted molar refractivity (Wildman–Crippen MR) is 89.2 cm³/mol.